The third kappa shape index (κ3) is 5.14. The highest BCUT2D eigenvalue weighted by Gasteiger charge is 2.31. The highest BCUT2D eigenvalue weighted by Crippen LogP contribution is 2.29. The molecule has 0 aliphatic rings. The number of rotatable bonds is 4. The second-order valence-corrected chi connectivity index (χ2v) is 8.56. The van der Waals surface area contributed by atoms with Gasteiger partial charge in [0, 0.05) is 5.69 Å². The Hall–Kier alpha value is -2.22. The van der Waals surface area contributed by atoms with E-state index in [4.69, 9.17) is 0 Å². The fourth-order valence-corrected chi connectivity index (χ4v) is 3.62. The number of nitrogens with one attached hydrogen (secondary N) is 1. The molecule has 2 aromatic carbocycles. The molecule has 0 aliphatic heterocycles. The van der Waals surface area contributed by atoms with E-state index in [2.05, 4.69) is 9.46 Å². The zero-order valence-electron chi connectivity index (χ0n) is 14.8. The molecule has 2 rings (SSSR count). The zero-order valence-corrected chi connectivity index (χ0v) is 15.6. The first-order chi connectivity index (χ1) is 11.8. The summed E-state index contributed by atoms with van der Waals surface area (Å²) >= 11 is 0. The average molecular weight is 387 g/mol. The van der Waals surface area contributed by atoms with Crippen molar-refractivity contribution in [3.05, 3.63) is 53.6 Å². The number of benzene rings is 2. The van der Waals surface area contributed by atoms with E-state index < -0.39 is 22.1 Å². The summed E-state index contributed by atoms with van der Waals surface area (Å²) in [7, 11) is -3.89. The standard InChI is InChI=1S/C18H20F3NO3S/c1-12-5-6-13(17(2,3)4)11-16(12)26(23,24)22-14-7-9-15(10-8-14)25-18(19,20)21/h5-11,22H,1-4H3. The molecule has 0 spiro atoms. The Bertz CT molecular complexity index is 883. The number of ether oxygens (including phenoxy) is 1. The summed E-state index contributed by atoms with van der Waals surface area (Å²) in [5.74, 6) is -0.425. The van der Waals surface area contributed by atoms with Gasteiger partial charge in [-0.05, 0) is 53.8 Å². The zero-order chi connectivity index (χ0) is 19.8. The van der Waals surface area contributed by atoms with Crippen LogP contribution in [0.15, 0.2) is 47.4 Å². The normalized spacial score (nSPS) is 12.7. The minimum Gasteiger partial charge on any atom is -0.406 e. The molecular weight excluding hydrogens is 367 g/mol. The monoisotopic (exact) mass is 387 g/mol. The van der Waals surface area contributed by atoms with E-state index in [1.54, 1.807) is 19.1 Å². The van der Waals surface area contributed by atoms with Crippen LogP contribution in [0.1, 0.15) is 31.9 Å². The van der Waals surface area contributed by atoms with Crippen LogP contribution in [-0.4, -0.2) is 14.8 Å². The van der Waals surface area contributed by atoms with Crippen LogP contribution >= 0.6 is 0 Å². The Morgan fingerprint density at radius 2 is 1.54 bits per heavy atom. The fraction of sp³-hybridized carbons (Fsp3) is 0.333. The van der Waals surface area contributed by atoms with E-state index in [9.17, 15) is 21.6 Å². The first-order valence-electron chi connectivity index (χ1n) is 7.78. The molecule has 0 aliphatic carbocycles. The summed E-state index contributed by atoms with van der Waals surface area (Å²) in [6, 6.07) is 9.72. The van der Waals surface area contributed by atoms with E-state index in [1.165, 1.54) is 12.1 Å². The molecule has 1 N–H and O–H groups in total. The molecule has 8 heteroatoms. The largest absolute Gasteiger partial charge is 0.573 e. The van der Waals surface area contributed by atoms with Crippen molar-refractivity contribution < 1.29 is 26.3 Å². The summed E-state index contributed by atoms with van der Waals surface area (Å²) < 4.78 is 68.1. The summed E-state index contributed by atoms with van der Waals surface area (Å²) in [4.78, 5) is 0.126. The van der Waals surface area contributed by atoms with E-state index in [0.29, 0.717) is 5.56 Å². The van der Waals surface area contributed by atoms with Crippen LogP contribution in [-0.2, 0) is 15.4 Å². The van der Waals surface area contributed by atoms with Crippen LogP contribution in [0.5, 0.6) is 5.75 Å². The van der Waals surface area contributed by atoms with E-state index in [0.717, 1.165) is 17.7 Å². The maximum Gasteiger partial charge on any atom is 0.573 e. The van der Waals surface area contributed by atoms with Gasteiger partial charge in [0.25, 0.3) is 10.0 Å². The molecule has 0 atom stereocenters. The molecule has 2 aromatic rings. The van der Waals surface area contributed by atoms with Gasteiger partial charge in [-0.1, -0.05) is 32.9 Å². The molecular formula is C18H20F3NO3S. The van der Waals surface area contributed by atoms with E-state index in [-0.39, 0.29) is 16.0 Å². The van der Waals surface area contributed by atoms with Gasteiger partial charge in [0.1, 0.15) is 5.75 Å². The van der Waals surface area contributed by atoms with Gasteiger partial charge < -0.3 is 4.74 Å². The molecule has 0 unspecified atom stereocenters. The van der Waals surface area contributed by atoms with Crippen molar-refractivity contribution in [2.24, 2.45) is 0 Å². The highest BCUT2D eigenvalue weighted by atomic mass is 32.2. The molecule has 0 saturated carbocycles. The lowest BCUT2D eigenvalue weighted by Crippen LogP contribution is -2.18. The number of halogens is 3. The predicted octanol–water partition coefficient (Wildman–Crippen LogP) is 4.99. The second kappa shape index (κ2) is 6.83. The van der Waals surface area contributed by atoms with Crippen LogP contribution in [0.2, 0.25) is 0 Å². The lowest BCUT2D eigenvalue weighted by Gasteiger charge is -2.21. The van der Waals surface area contributed by atoms with Gasteiger partial charge in [-0.15, -0.1) is 13.2 Å². The molecule has 4 nitrogen and oxygen atoms in total. The summed E-state index contributed by atoms with van der Waals surface area (Å²) in [6.45, 7) is 7.60. The number of anilines is 1. The highest BCUT2D eigenvalue weighted by molar-refractivity contribution is 7.92. The van der Waals surface area contributed by atoms with Crippen LogP contribution < -0.4 is 9.46 Å². The first-order valence-corrected chi connectivity index (χ1v) is 9.26. The minimum absolute atomic E-state index is 0.126. The number of hydrogen-bond donors (Lipinski definition) is 1. The Balaban J connectivity index is 2.29. The Morgan fingerprint density at radius 3 is 2.04 bits per heavy atom. The van der Waals surface area contributed by atoms with Crippen LogP contribution in [0.4, 0.5) is 18.9 Å². The topological polar surface area (TPSA) is 55.4 Å². The average Bonchev–Trinajstić information content (AvgIpc) is 2.46. The van der Waals surface area contributed by atoms with Crippen molar-refractivity contribution in [1.82, 2.24) is 0 Å². The van der Waals surface area contributed by atoms with Crippen molar-refractivity contribution in [1.29, 1.82) is 0 Å². The summed E-state index contributed by atoms with van der Waals surface area (Å²) in [5, 5.41) is 0. The molecule has 0 heterocycles. The van der Waals surface area contributed by atoms with Gasteiger partial charge in [-0.2, -0.15) is 0 Å². The lowest BCUT2D eigenvalue weighted by molar-refractivity contribution is -0.274. The molecule has 0 amide bonds. The number of aryl methyl sites for hydroxylation is 1. The summed E-state index contributed by atoms with van der Waals surface area (Å²) in [5.41, 5.74) is 1.34. The van der Waals surface area contributed by atoms with Gasteiger partial charge >= 0.3 is 6.36 Å². The van der Waals surface area contributed by atoms with Gasteiger partial charge in [0.05, 0.1) is 4.90 Å². The molecule has 0 aromatic heterocycles. The van der Waals surface area contributed by atoms with Crippen molar-refractivity contribution in [3.8, 4) is 5.75 Å². The van der Waals surface area contributed by atoms with Crippen LogP contribution in [0.3, 0.4) is 0 Å². The van der Waals surface area contributed by atoms with Crippen molar-refractivity contribution >= 4 is 15.7 Å². The molecule has 0 bridgehead atoms. The number of alkyl halides is 3. The Morgan fingerprint density at radius 1 is 0.962 bits per heavy atom. The fourth-order valence-electron chi connectivity index (χ4n) is 2.29. The quantitative estimate of drug-likeness (QED) is 0.804. The Labute approximate surface area is 151 Å². The molecule has 0 saturated heterocycles. The Kier molecular flexibility index (Phi) is 5.28. The van der Waals surface area contributed by atoms with Crippen LogP contribution in [0.25, 0.3) is 0 Å². The maximum atomic E-state index is 12.7. The van der Waals surface area contributed by atoms with Gasteiger partial charge in [0.15, 0.2) is 0 Å². The third-order valence-electron chi connectivity index (χ3n) is 3.68. The van der Waals surface area contributed by atoms with Crippen LogP contribution in [0, 0.1) is 6.92 Å². The van der Waals surface area contributed by atoms with Gasteiger partial charge in [0.2, 0.25) is 0 Å². The summed E-state index contributed by atoms with van der Waals surface area (Å²) in [6.07, 6.45) is -4.80. The van der Waals surface area contributed by atoms with Crippen molar-refractivity contribution in [2.75, 3.05) is 4.72 Å². The molecule has 26 heavy (non-hydrogen) atoms. The van der Waals surface area contributed by atoms with Gasteiger partial charge in [-0.25, -0.2) is 8.42 Å². The maximum absolute atomic E-state index is 12.7. The third-order valence-corrected chi connectivity index (χ3v) is 5.21. The number of sulfonamides is 1. The van der Waals surface area contributed by atoms with E-state index >= 15 is 0 Å². The lowest BCUT2D eigenvalue weighted by atomic mass is 9.87. The molecule has 0 radical (unpaired) electrons. The first kappa shape index (κ1) is 20.1. The molecule has 0 fully saturated rings. The predicted molar refractivity (Wildman–Crippen MR) is 93.8 cm³/mol. The molecule has 142 valence electrons. The SMILES string of the molecule is Cc1ccc(C(C)(C)C)cc1S(=O)(=O)Nc1ccc(OC(F)(F)F)cc1. The smallest absolute Gasteiger partial charge is 0.406 e. The van der Waals surface area contributed by atoms with Crippen molar-refractivity contribution in [3.63, 3.8) is 0 Å². The van der Waals surface area contributed by atoms with E-state index in [1.807, 2.05) is 26.8 Å². The van der Waals surface area contributed by atoms with Gasteiger partial charge in [-0.3, -0.25) is 4.72 Å². The number of hydrogen-bond acceptors (Lipinski definition) is 3. The second-order valence-electron chi connectivity index (χ2n) is 6.91. The minimum atomic E-state index is -4.80. The van der Waals surface area contributed by atoms with Crippen molar-refractivity contribution in [2.45, 2.75) is 44.4 Å².